The molecule has 3 heteroatoms. The Morgan fingerprint density at radius 1 is 1.37 bits per heavy atom. The molecule has 3 nitrogen and oxygen atoms in total. The van der Waals surface area contributed by atoms with E-state index in [4.69, 9.17) is 4.74 Å². The van der Waals surface area contributed by atoms with Crippen molar-refractivity contribution >= 4 is 5.69 Å². The summed E-state index contributed by atoms with van der Waals surface area (Å²) >= 11 is 0. The minimum Gasteiger partial charge on any atom is -0.376 e. The molecular weight excluding hydrogens is 236 g/mol. The van der Waals surface area contributed by atoms with Crippen LogP contribution in [0.2, 0.25) is 0 Å². The van der Waals surface area contributed by atoms with E-state index in [1.54, 1.807) is 0 Å². The Morgan fingerprint density at radius 2 is 2.11 bits per heavy atom. The fraction of sp³-hybridized carbons (Fsp3) is 0.625. The largest absolute Gasteiger partial charge is 0.376 e. The number of benzene rings is 1. The molecule has 0 aromatic heterocycles. The summed E-state index contributed by atoms with van der Waals surface area (Å²) in [7, 11) is 2.18. The van der Waals surface area contributed by atoms with E-state index < -0.39 is 0 Å². The van der Waals surface area contributed by atoms with E-state index in [-0.39, 0.29) is 0 Å². The first-order chi connectivity index (χ1) is 9.09. The second-order valence-corrected chi connectivity index (χ2v) is 5.71. The average Bonchev–Trinajstić information content (AvgIpc) is 2.82. The number of hydrogen-bond acceptors (Lipinski definition) is 3. The summed E-state index contributed by atoms with van der Waals surface area (Å²) in [4.78, 5) is 2.38. The van der Waals surface area contributed by atoms with Crippen LogP contribution in [0.3, 0.4) is 0 Å². The molecule has 1 fully saturated rings. The third-order valence-corrected chi connectivity index (χ3v) is 3.91. The number of hydrogen-bond donors (Lipinski definition) is 1. The lowest BCUT2D eigenvalue weighted by molar-refractivity contribution is 0.118. The maximum atomic E-state index is 5.69. The van der Waals surface area contributed by atoms with Crippen molar-refractivity contribution < 1.29 is 4.74 Å². The number of ether oxygens (including phenoxy) is 1. The highest BCUT2D eigenvalue weighted by atomic mass is 16.5. The molecule has 0 spiro atoms. The van der Waals surface area contributed by atoms with Crippen LogP contribution < -0.4 is 10.2 Å². The molecule has 0 radical (unpaired) electrons. The number of nitrogens with one attached hydrogen (secondary N) is 1. The smallest absolute Gasteiger partial charge is 0.0750 e. The molecule has 1 saturated heterocycles. The predicted molar refractivity (Wildman–Crippen MR) is 80.6 cm³/mol. The van der Waals surface area contributed by atoms with Crippen LogP contribution >= 0.6 is 0 Å². The van der Waals surface area contributed by atoms with Gasteiger partial charge in [-0.05, 0) is 25.0 Å². The molecule has 1 N–H and O–H groups in total. The predicted octanol–water partition coefficient (Wildman–Crippen LogP) is 2.80. The molecular formula is C16H26N2O. The highest BCUT2D eigenvalue weighted by Gasteiger charge is 2.28. The molecule has 1 aromatic carbocycles. The highest BCUT2D eigenvalue weighted by molar-refractivity contribution is 5.54. The Hall–Kier alpha value is -1.06. The third-order valence-electron chi connectivity index (χ3n) is 3.91. The van der Waals surface area contributed by atoms with Crippen LogP contribution in [0.4, 0.5) is 5.69 Å². The van der Waals surface area contributed by atoms with Crippen molar-refractivity contribution in [1.29, 1.82) is 0 Å². The monoisotopic (exact) mass is 262 g/mol. The van der Waals surface area contributed by atoms with Gasteiger partial charge in [-0.1, -0.05) is 32.0 Å². The fourth-order valence-corrected chi connectivity index (χ4v) is 2.73. The van der Waals surface area contributed by atoms with Crippen LogP contribution in [-0.4, -0.2) is 31.8 Å². The molecule has 19 heavy (non-hydrogen) atoms. The second kappa shape index (κ2) is 6.40. The van der Waals surface area contributed by atoms with Gasteiger partial charge in [0.25, 0.3) is 0 Å². The summed E-state index contributed by atoms with van der Waals surface area (Å²) in [6, 6.07) is 9.64. The molecule has 0 bridgehead atoms. The summed E-state index contributed by atoms with van der Waals surface area (Å²) < 4.78 is 5.69. The van der Waals surface area contributed by atoms with Gasteiger partial charge in [0, 0.05) is 31.9 Å². The minimum atomic E-state index is 0.316. The van der Waals surface area contributed by atoms with Crippen LogP contribution in [0.15, 0.2) is 24.3 Å². The first kappa shape index (κ1) is 14.4. The van der Waals surface area contributed by atoms with Crippen LogP contribution in [0, 0.1) is 0 Å². The van der Waals surface area contributed by atoms with E-state index in [1.165, 1.54) is 11.3 Å². The minimum absolute atomic E-state index is 0.316. The normalized spacial score (nSPS) is 23.0. The van der Waals surface area contributed by atoms with Gasteiger partial charge in [0.15, 0.2) is 0 Å². The van der Waals surface area contributed by atoms with Gasteiger partial charge in [-0.25, -0.2) is 0 Å². The molecule has 0 aliphatic carbocycles. The number of nitrogens with zero attached hydrogens (tertiary/aromatic N) is 1. The molecule has 1 aromatic rings. The first-order valence-electron chi connectivity index (χ1n) is 7.25. The van der Waals surface area contributed by atoms with Crippen LogP contribution in [0.25, 0.3) is 0 Å². The van der Waals surface area contributed by atoms with E-state index >= 15 is 0 Å². The van der Waals surface area contributed by atoms with Crippen molar-refractivity contribution in [1.82, 2.24) is 5.32 Å². The van der Waals surface area contributed by atoms with Gasteiger partial charge in [0.05, 0.1) is 12.1 Å². The number of rotatable bonds is 5. The Morgan fingerprint density at radius 3 is 2.74 bits per heavy atom. The number of para-hydroxylation sites is 1. The molecule has 0 amide bonds. The lowest BCUT2D eigenvalue weighted by Crippen LogP contribution is -2.37. The SMILES string of the molecule is CC(C)NCc1ccccc1N(C)C1CCOC1C. The molecule has 1 heterocycles. The van der Waals surface area contributed by atoms with Gasteiger partial charge in [-0.15, -0.1) is 0 Å². The van der Waals surface area contributed by atoms with Crippen LogP contribution in [-0.2, 0) is 11.3 Å². The highest BCUT2D eigenvalue weighted by Crippen LogP contribution is 2.27. The maximum Gasteiger partial charge on any atom is 0.0750 e. The maximum absolute atomic E-state index is 5.69. The summed E-state index contributed by atoms with van der Waals surface area (Å²) in [5.74, 6) is 0. The average molecular weight is 262 g/mol. The van der Waals surface area contributed by atoms with Gasteiger partial charge in [-0.3, -0.25) is 0 Å². The molecule has 2 unspecified atom stereocenters. The van der Waals surface area contributed by atoms with Gasteiger partial charge in [-0.2, -0.15) is 0 Å². The van der Waals surface area contributed by atoms with Crippen molar-refractivity contribution in [2.45, 2.75) is 51.9 Å². The second-order valence-electron chi connectivity index (χ2n) is 5.71. The van der Waals surface area contributed by atoms with Crippen LogP contribution in [0.1, 0.15) is 32.8 Å². The zero-order valence-electron chi connectivity index (χ0n) is 12.5. The van der Waals surface area contributed by atoms with Crippen molar-refractivity contribution in [2.75, 3.05) is 18.6 Å². The summed E-state index contributed by atoms with van der Waals surface area (Å²) in [6.45, 7) is 8.32. The zero-order valence-corrected chi connectivity index (χ0v) is 12.5. The van der Waals surface area contributed by atoms with Crippen molar-refractivity contribution in [3.05, 3.63) is 29.8 Å². The van der Waals surface area contributed by atoms with Gasteiger partial charge in [0.2, 0.25) is 0 Å². The molecule has 2 atom stereocenters. The lowest BCUT2D eigenvalue weighted by Gasteiger charge is -2.30. The fourth-order valence-electron chi connectivity index (χ4n) is 2.73. The zero-order chi connectivity index (χ0) is 13.8. The van der Waals surface area contributed by atoms with Crippen molar-refractivity contribution in [3.8, 4) is 0 Å². The molecule has 1 aliphatic heterocycles. The van der Waals surface area contributed by atoms with E-state index in [2.05, 4.69) is 62.3 Å². The Kier molecular flexibility index (Phi) is 4.83. The Balaban J connectivity index is 2.14. The molecule has 106 valence electrons. The van der Waals surface area contributed by atoms with E-state index in [0.29, 0.717) is 18.2 Å². The van der Waals surface area contributed by atoms with Crippen molar-refractivity contribution in [2.24, 2.45) is 0 Å². The van der Waals surface area contributed by atoms with E-state index in [9.17, 15) is 0 Å². The first-order valence-corrected chi connectivity index (χ1v) is 7.25. The third kappa shape index (κ3) is 3.48. The molecule has 2 rings (SSSR count). The van der Waals surface area contributed by atoms with Gasteiger partial charge < -0.3 is 15.0 Å². The van der Waals surface area contributed by atoms with E-state index in [1.807, 2.05) is 0 Å². The molecule has 0 saturated carbocycles. The number of likely N-dealkylation sites (N-methyl/N-ethyl adjacent to an activating group) is 1. The lowest BCUT2D eigenvalue weighted by atomic mass is 10.1. The Bertz CT molecular complexity index is 405. The van der Waals surface area contributed by atoms with Gasteiger partial charge in [0.1, 0.15) is 0 Å². The van der Waals surface area contributed by atoms with E-state index in [0.717, 1.165) is 19.6 Å². The number of anilines is 1. The standard InChI is InChI=1S/C16H26N2O/c1-12(2)17-11-14-7-5-6-8-16(14)18(4)15-9-10-19-13(15)3/h5-8,12-13,15,17H,9-11H2,1-4H3. The van der Waals surface area contributed by atoms with Crippen LogP contribution in [0.5, 0.6) is 0 Å². The summed E-state index contributed by atoms with van der Waals surface area (Å²) in [5, 5.41) is 3.50. The molecule has 1 aliphatic rings. The Labute approximate surface area is 116 Å². The quantitative estimate of drug-likeness (QED) is 0.883. The van der Waals surface area contributed by atoms with Crippen molar-refractivity contribution in [3.63, 3.8) is 0 Å². The summed E-state index contributed by atoms with van der Waals surface area (Å²) in [5.41, 5.74) is 2.68. The summed E-state index contributed by atoms with van der Waals surface area (Å²) in [6.07, 6.45) is 1.43. The van der Waals surface area contributed by atoms with Gasteiger partial charge >= 0.3 is 0 Å². The topological polar surface area (TPSA) is 24.5 Å².